The van der Waals surface area contributed by atoms with Gasteiger partial charge in [0, 0.05) is 28.1 Å². The summed E-state index contributed by atoms with van der Waals surface area (Å²) in [6.45, 7) is 4.52. The van der Waals surface area contributed by atoms with Crippen LogP contribution in [0.15, 0.2) is 53.6 Å². The van der Waals surface area contributed by atoms with Crippen molar-refractivity contribution in [3.05, 3.63) is 59.8 Å². The number of nitrogens with one attached hydrogen (secondary N) is 2. The van der Waals surface area contributed by atoms with Crippen LogP contribution in [-0.2, 0) is 16.4 Å². The highest BCUT2D eigenvalue weighted by atomic mass is 32.2. The van der Waals surface area contributed by atoms with Crippen LogP contribution in [0, 0.1) is 0 Å². The molecule has 1 aromatic heterocycles. The molecule has 1 heterocycles. The van der Waals surface area contributed by atoms with Gasteiger partial charge in [0.25, 0.3) is 0 Å². The van der Waals surface area contributed by atoms with Gasteiger partial charge in [0.2, 0.25) is 0 Å². The molecule has 0 radical (unpaired) electrons. The molecule has 3 aromatic rings. The van der Waals surface area contributed by atoms with Crippen LogP contribution < -0.4 is 4.72 Å². The van der Waals surface area contributed by atoms with Crippen LogP contribution in [0.25, 0.3) is 10.9 Å². The van der Waals surface area contributed by atoms with E-state index in [1.165, 1.54) is 21.4 Å². The molecule has 0 amide bonds. The van der Waals surface area contributed by atoms with E-state index in [0.29, 0.717) is 0 Å². The van der Waals surface area contributed by atoms with E-state index in [1.807, 2.05) is 12.1 Å². The molecule has 0 fully saturated rings. The van der Waals surface area contributed by atoms with E-state index in [9.17, 15) is 4.21 Å². The number of rotatable bonds is 7. The predicted octanol–water partition coefficient (Wildman–Crippen LogP) is 5.70. The number of hydrogen-bond acceptors (Lipinski definition) is 2. The SMILES string of the molecule is CCC(CC)(c1ccc(SC)cc1)c1c[nH]c2c(NS(C)=O)cccc12. The van der Waals surface area contributed by atoms with Gasteiger partial charge in [-0.1, -0.05) is 38.1 Å². The summed E-state index contributed by atoms with van der Waals surface area (Å²) in [5.74, 6) is 0. The van der Waals surface area contributed by atoms with Crippen molar-refractivity contribution in [1.82, 2.24) is 4.98 Å². The van der Waals surface area contributed by atoms with Gasteiger partial charge in [-0.05, 0) is 48.4 Å². The standard InChI is InChI=1S/C21H26N2OS2/c1-5-21(6-2,15-10-12-16(25-3)13-11-15)18-14-22-20-17(18)8-7-9-19(20)23-26(4)24/h7-14,22-23H,5-6H2,1-4H3. The third-order valence-electron chi connectivity index (χ3n) is 5.33. The molecule has 3 rings (SSSR count). The van der Waals surface area contributed by atoms with Gasteiger partial charge in [0.1, 0.15) is 11.0 Å². The predicted molar refractivity (Wildman–Crippen MR) is 116 cm³/mol. The summed E-state index contributed by atoms with van der Waals surface area (Å²) in [5.41, 5.74) is 4.51. The first-order valence-electron chi connectivity index (χ1n) is 8.91. The molecule has 26 heavy (non-hydrogen) atoms. The van der Waals surface area contributed by atoms with Gasteiger partial charge < -0.3 is 9.71 Å². The fourth-order valence-corrected chi connectivity index (χ4v) is 4.78. The van der Waals surface area contributed by atoms with Crippen LogP contribution in [0.5, 0.6) is 0 Å². The van der Waals surface area contributed by atoms with Crippen LogP contribution in [0.1, 0.15) is 37.8 Å². The summed E-state index contributed by atoms with van der Waals surface area (Å²) in [6.07, 6.45) is 7.93. The molecule has 138 valence electrons. The van der Waals surface area contributed by atoms with E-state index in [-0.39, 0.29) is 5.41 Å². The zero-order valence-electron chi connectivity index (χ0n) is 15.8. The third kappa shape index (κ3) is 3.30. The molecule has 0 bridgehead atoms. The van der Waals surface area contributed by atoms with E-state index in [1.54, 1.807) is 18.0 Å². The quantitative estimate of drug-likeness (QED) is 0.512. The fraction of sp³-hybridized carbons (Fsp3) is 0.333. The number of anilines is 1. The Balaban J connectivity index is 2.17. The second-order valence-corrected chi connectivity index (χ2v) is 8.50. The van der Waals surface area contributed by atoms with Gasteiger partial charge in [0.15, 0.2) is 0 Å². The lowest BCUT2D eigenvalue weighted by atomic mass is 9.70. The second-order valence-electron chi connectivity index (χ2n) is 6.50. The number of thioether (sulfide) groups is 1. The van der Waals surface area contributed by atoms with Crippen molar-refractivity contribution in [2.45, 2.75) is 37.0 Å². The molecule has 5 heteroatoms. The summed E-state index contributed by atoms with van der Waals surface area (Å²) in [5, 5.41) is 1.19. The highest BCUT2D eigenvalue weighted by Gasteiger charge is 2.33. The Morgan fingerprint density at radius 1 is 1.12 bits per heavy atom. The Bertz CT molecular complexity index is 911. The minimum Gasteiger partial charge on any atom is -0.359 e. The molecule has 3 nitrogen and oxygen atoms in total. The summed E-state index contributed by atoms with van der Waals surface area (Å²) in [6, 6.07) is 15.1. The molecule has 0 aliphatic heterocycles. The second kappa shape index (κ2) is 7.89. The maximum absolute atomic E-state index is 11.6. The molecule has 0 saturated heterocycles. The number of para-hydroxylation sites is 1. The lowest BCUT2D eigenvalue weighted by molar-refractivity contribution is 0.482. The van der Waals surface area contributed by atoms with Gasteiger partial charge in [-0.3, -0.25) is 0 Å². The molecule has 0 spiro atoms. The first-order valence-corrected chi connectivity index (χ1v) is 11.7. The largest absolute Gasteiger partial charge is 0.359 e. The molecule has 0 aliphatic rings. The fourth-order valence-electron chi connectivity index (χ4n) is 3.89. The Morgan fingerprint density at radius 3 is 2.38 bits per heavy atom. The van der Waals surface area contributed by atoms with E-state index >= 15 is 0 Å². The Kier molecular flexibility index (Phi) is 5.78. The van der Waals surface area contributed by atoms with Crippen molar-refractivity contribution >= 4 is 39.3 Å². The number of aromatic nitrogens is 1. The highest BCUT2D eigenvalue weighted by Crippen LogP contribution is 2.43. The van der Waals surface area contributed by atoms with Gasteiger partial charge in [-0.15, -0.1) is 11.8 Å². The zero-order valence-corrected chi connectivity index (χ0v) is 17.4. The monoisotopic (exact) mass is 386 g/mol. The summed E-state index contributed by atoms with van der Waals surface area (Å²) < 4.78 is 14.7. The van der Waals surface area contributed by atoms with Gasteiger partial charge in [-0.2, -0.15) is 0 Å². The molecule has 2 aromatic carbocycles. The topological polar surface area (TPSA) is 44.9 Å². The van der Waals surface area contributed by atoms with E-state index in [4.69, 9.17) is 0 Å². The van der Waals surface area contributed by atoms with Gasteiger partial charge >= 0.3 is 0 Å². The molecular weight excluding hydrogens is 360 g/mol. The lowest BCUT2D eigenvalue weighted by Gasteiger charge is -2.33. The van der Waals surface area contributed by atoms with Gasteiger partial charge in [-0.25, -0.2) is 4.21 Å². The molecule has 1 unspecified atom stereocenters. The molecule has 1 atom stereocenters. The minimum atomic E-state index is -1.10. The minimum absolute atomic E-state index is 0.0425. The number of hydrogen-bond donors (Lipinski definition) is 2. The highest BCUT2D eigenvalue weighted by molar-refractivity contribution is 7.98. The summed E-state index contributed by atoms with van der Waals surface area (Å²) >= 11 is 1.77. The van der Waals surface area contributed by atoms with E-state index in [0.717, 1.165) is 24.0 Å². The Morgan fingerprint density at radius 2 is 1.81 bits per heavy atom. The maximum atomic E-state index is 11.6. The number of aromatic amines is 1. The molecule has 0 aliphatic carbocycles. The summed E-state index contributed by atoms with van der Waals surface area (Å²) in [4.78, 5) is 4.71. The van der Waals surface area contributed by atoms with Crippen molar-refractivity contribution in [3.63, 3.8) is 0 Å². The van der Waals surface area contributed by atoms with Gasteiger partial charge in [0.05, 0.1) is 11.2 Å². The molecule has 0 saturated carbocycles. The normalized spacial score (nSPS) is 13.1. The van der Waals surface area contributed by atoms with Crippen LogP contribution in [0.4, 0.5) is 5.69 Å². The smallest absolute Gasteiger partial charge is 0.114 e. The van der Waals surface area contributed by atoms with Crippen LogP contribution >= 0.6 is 11.8 Å². The maximum Gasteiger partial charge on any atom is 0.114 e. The Labute approximate surface area is 162 Å². The summed E-state index contributed by atoms with van der Waals surface area (Å²) in [7, 11) is -1.10. The van der Waals surface area contributed by atoms with Crippen LogP contribution in [0.2, 0.25) is 0 Å². The first kappa shape index (κ1) is 19.1. The van der Waals surface area contributed by atoms with Crippen molar-refractivity contribution in [2.75, 3.05) is 17.2 Å². The van der Waals surface area contributed by atoms with Crippen molar-refractivity contribution < 1.29 is 4.21 Å². The zero-order chi connectivity index (χ0) is 18.7. The van der Waals surface area contributed by atoms with Crippen LogP contribution in [0.3, 0.4) is 0 Å². The average molecular weight is 387 g/mol. The van der Waals surface area contributed by atoms with Crippen molar-refractivity contribution in [1.29, 1.82) is 0 Å². The van der Waals surface area contributed by atoms with Crippen LogP contribution in [-0.4, -0.2) is 21.7 Å². The first-order chi connectivity index (χ1) is 12.6. The van der Waals surface area contributed by atoms with Crippen molar-refractivity contribution in [3.8, 4) is 0 Å². The number of benzene rings is 2. The van der Waals surface area contributed by atoms with E-state index < -0.39 is 11.0 Å². The lowest BCUT2D eigenvalue weighted by Crippen LogP contribution is -2.25. The number of H-pyrrole nitrogens is 1. The third-order valence-corrected chi connectivity index (χ3v) is 6.59. The molecular formula is C21H26N2OS2. The van der Waals surface area contributed by atoms with E-state index in [2.05, 4.69) is 66.3 Å². The van der Waals surface area contributed by atoms with Crippen molar-refractivity contribution in [2.24, 2.45) is 0 Å². The average Bonchev–Trinajstić information content (AvgIpc) is 3.09. The Hall–Kier alpha value is -1.72. The number of fused-ring (bicyclic) bond motifs is 1. The molecule has 2 N–H and O–H groups in total.